The molecule has 1 saturated carbocycles. The lowest BCUT2D eigenvalue weighted by Crippen LogP contribution is -2.26. The fraction of sp³-hybridized carbons (Fsp3) is 0.692. The van der Waals surface area contributed by atoms with Gasteiger partial charge in [-0.05, 0) is 40.5 Å². The summed E-state index contributed by atoms with van der Waals surface area (Å²) in [6, 6.07) is 0. The number of hydrogen-bond donors (Lipinski definition) is 1. The van der Waals surface area contributed by atoms with E-state index in [2.05, 4.69) is 4.98 Å². The second-order valence-corrected chi connectivity index (χ2v) is 5.98. The van der Waals surface area contributed by atoms with E-state index in [4.69, 9.17) is 4.74 Å². The van der Waals surface area contributed by atoms with Gasteiger partial charge in [-0.25, -0.2) is 14.3 Å². The second-order valence-electron chi connectivity index (χ2n) is 5.98. The maximum atomic E-state index is 11.8. The van der Waals surface area contributed by atoms with E-state index < -0.39 is 17.8 Å². The van der Waals surface area contributed by atoms with Crippen LogP contribution in [0, 0.1) is 0 Å². The van der Waals surface area contributed by atoms with Gasteiger partial charge in [-0.1, -0.05) is 0 Å². The van der Waals surface area contributed by atoms with Gasteiger partial charge in [0.1, 0.15) is 11.9 Å². The number of aromatic nitrogens is 2. The predicted octanol–water partition coefficient (Wildman–Crippen LogP) is 2.08. The molecule has 5 nitrogen and oxygen atoms in total. The molecular formula is C13H20N2O3. The van der Waals surface area contributed by atoms with Crippen molar-refractivity contribution >= 4 is 6.09 Å². The highest BCUT2D eigenvalue weighted by molar-refractivity contribution is 5.70. The van der Waals surface area contributed by atoms with Gasteiger partial charge in [0.15, 0.2) is 0 Å². The number of nitrogens with zero attached hydrogens (tertiary/aromatic N) is 2. The van der Waals surface area contributed by atoms with Gasteiger partial charge in [0.25, 0.3) is 0 Å². The smallest absolute Gasteiger partial charge is 0.419 e. The van der Waals surface area contributed by atoms with Crippen LogP contribution in [0.15, 0.2) is 12.5 Å². The highest BCUT2D eigenvalue weighted by Crippen LogP contribution is 2.50. The minimum Gasteiger partial charge on any atom is -0.443 e. The van der Waals surface area contributed by atoms with Crippen LogP contribution in [0.4, 0.5) is 4.79 Å². The monoisotopic (exact) mass is 252 g/mol. The zero-order valence-electron chi connectivity index (χ0n) is 11.3. The maximum absolute atomic E-state index is 11.8. The molecule has 0 bridgehead atoms. The van der Waals surface area contributed by atoms with Crippen LogP contribution in [0.5, 0.6) is 0 Å². The van der Waals surface area contributed by atoms with Crippen LogP contribution in [0.2, 0.25) is 0 Å². The van der Waals surface area contributed by atoms with Gasteiger partial charge in [-0.3, -0.25) is 0 Å². The van der Waals surface area contributed by atoms with Crippen molar-refractivity contribution in [3.05, 3.63) is 18.2 Å². The third-order valence-electron chi connectivity index (χ3n) is 3.29. The van der Waals surface area contributed by atoms with Crippen molar-refractivity contribution in [1.29, 1.82) is 0 Å². The van der Waals surface area contributed by atoms with E-state index >= 15 is 0 Å². The maximum Gasteiger partial charge on any atom is 0.419 e. The molecule has 18 heavy (non-hydrogen) atoms. The fourth-order valence-electron chi connectivity index (χ4n) is 2.02. The van der Waals surface area contributed by atoms with Crippen LogP contribution >= 0.6 is 0 Å². The first kappa shape index (κ1) is 13.1. The van der Waals surface area contributed by atoms with Crippen LogP contribution in [0.1, 0.15) is 46.2 Å². The molecule has 1 heterocycles. The lowest BCUT2D eigenvalue weighted by Gasteiger charge is -2.19. The third-order valence-corrected chi connectivity index (χ3v) is 3.29. The summed E-state index contributed by atoms with van der Waals surface area (Å²) in [5.74, 6) is 0. The zero-order chi connectivity index (χ0) is 13.6. The molecule has 5 heteroatoms. The molecule has 100 valence electrons. The molecule has 1 unspecified atom stereocenters. The zero-order valence-corrected chi connectivity index (χ0v) is 11.3. The molecule has 1 aliphatic carbocycles. The fourth-order valence-corrected chi connectivity index (χ4v) is 2.02. The average Bonchev–Trinajstić information content (AvgIpc) is 2.87. The molecule has 2 rings (SSSR count). The number of ether oxygens (including phenoxy) is 1. The Balaban J connectivity index is 2.14. The van der Waals surface area contributed by atoms with E-state index in [1.807, 2.05) is 20.8 Å². The molecule has 1 aromatic heterocycles. The first-order chi connectivity index (χ1) is 8.24. The van der Waals surface area contributed by atoms with Crippen LogP contribution in [-0.4, -0.2) is 32.5 Å². The number of aliphatic hydroxyl groups excluding tert-OH is 1. The highest BCUT2D eigenvalue weighted by atomic mass is 16.6. The average molecular weight is 252 g/mol. The molecule has 0 amide bonds. The Morgan fingerprint density at radius 2 is 2.17 bits per heavy atom. The van der Waals surface area contributed by atoms with E-state index in [1.54, 1.807) is 13.1 Å². The third kappa shape index (κ3) is 2.41. The SMILES string of the molecule is CC(O)C1(c2cn(C(=O)OC(C)(C)C)cn2)CC1. The molecule has 1 N–H and O–H groups in total. The van der Waals surface area contributed by atoms with Crippen LogP contribution < -0.4 is 0 Å². The molecule has 0 spiro atoms. The summed E-state index contributed by atoms with van der Waals surface area (Å²) in [6.07, 6.45) is 4.05. The Bertz CT molecular complexity index is 453. The van der Waals surface area contributed by atoms with Crippen LogP contribution in [-0.2, 0) is 10.2 Å². The summed E-state index contributed by atoms with van der Waals surface area (Å²) < 4.78 is 6.59. The van der Waals surface area contributed by atoms with Gasteiger partial charge in [-0.15, -0.1) is 0 Å². The standard InChI is InChI=1S/C13H20N2O3/c1-9(16)13(5-6-13)10-7-15(8-14-10)11(17)18-12(2,3)4/h7-9,16H,5-6H2,1-4H3. The van der Waals surface area contributed by atoms with E-state index in [-0.39, 0.29) is 5.41 Å². The normalized spacial score (nSPS) is 19.4. The van der Waals surface area contributed by atoms with Gasteiger partial charge in [0.05, 0.1) is 11.8 Å². The van der Waals surface area contributed by atoms with Gasteiger partial charge >= 0.3 is 6.09 Å². The van der Waals surface area contributed by atoms with Crippen molar-refractivity contribution in [2.45, 2.75) is 57.7 Å². The predicted molar refractivity (Wildman–Crippen MR) is 66.5 cm³/mol. The van der Waals surface area contributed by atoms with Crippen molar-refractivity contribution in [2.75, 3.05) is 0 Å². The van der Waals surface area contributed by atoms with Crippen molar-refractivity contribution in [3.63, 3.8) is 0 Å². The number of hydrogen-bond acceptors (Lipinski definition) is 4. The highest BCUT2D eigenvalue weighted by Gasteiger charge is 2.50. The Hall–Kier alpha value is -1.36. The molecular weight excluding hydrogens is 232 g/mol. The molecule has 1 aliphatic rings. The molecule has 0 saturated heterocycles. The quantitative estimate of drug-likeness (QED) is 0.875. The number of aliphatic hydroxyl groups is 1. The van der Waals surface area contributed by atoms with Gasteiger partial charge in [0, 0.05) is 11.6 Å². The summed E-state index contributed by atoms with van der Waals surface area (Å²) in [5.41, 5.74) is -0.0144. The summed E-state index contributed by atoms with van der Waals surface area (Å²) in [7, 11) is 0. The van der Waals surface area contributed by atoms with Crippen molar-refractivity contribution in [3.8, 4) is 0 Å². The van der Waals surface area contributed by atoms with Crippen LogP contribution in [0.3, 0.4) is 0 Å². The van der Waals surface area contributed by atoms with Gasteiger partial charge in [0.2, 0.25) is 0 Å². The van der Waals surface area contributed by atoms with E-state index in [1.165, 1.54) is 10.9 Å². The first-order valence-corrected chi connectivity index (χ1v) is 6.20. The largest absolute Gasteiger partial charge is 0.443 e. The molecule has 0 aromatic carbocycles. The lowest BCUT2D eigenvalue weighted by molar-refractivity contribution is 0.0536. The number of rotatable bonds is 2. The van der Waals surface area contributed by atoms with Crippen molar-refractivity contribution in [2.24, 2.45) is 0 Å². The summed E-state index contributed by atoms with van der Waals surface area (Å²) in [5, 5.41) is 9.76. The second kappa shape index (κ2) is 4.09. The van der Waals surface area contributed by atoms with Gasteiger partial charge in [-0.2, -0.15) is 0 Å². The Kier molecular flexibility index (Phi) is 2.97. The Labute approximate surface area is 107 Å². The lowest BCUT2D eigenvalue weighted by atomic mass is 9.97. The van der Waals surface area contributed by atoms with Crippen molar-refractivity contribution in [1.82, 2.24) is 9.55 Å². The summed E-state index contributed by atoms with van der Waals surface area (Å²) >= 11 is 0. The molecule has 0 radical (unpaired) electrons. The Morgan fingerprint density at radius 1 is 1.56 bits per heavy atom. The molecule has 0 aliphatic heterocycles. The topological polar surface area (TPSA) is 64.4 Å². The van der Waals surface area contributed by atoms with Crippen molar-refractivity contribution < 1.29 is 14.6 Å². The minimum absolute atomic E-state index is 0.257. The molecule has 1 atom stereocenters. The minimum atomic E-state index is -0.525. The summed E-state index contributed by atoms with van der Waals surface area (Å²) in [6.45, 7) is 7.22. The number of imidazole rings is 1. The molecule has 1 aromatic rings. The first-order valence-electron chi connectivity index (χ1n) is 6.20. The summed E-state index contributed by atoms with van der Waals surface area (Å²) in [4.78, 5) is 16.1. The van der Waals surface area contributed by atoms with Crippen LogP contribution in [0.25, 0.3) is 0 Å². The molecule has 1 fully saturated rings. The van der Waals surface area contributed by atoms with E-state index in [0.29, 0.717) is 0 Å². The van der Waals surface area contributed by atoms with Gasteiger partial charge < -0.3 is 9.84 Å². The van der Waals surface area contributed by atoms with E-state index in [0.717, 1.165) is 18.5 Å². The Morgan fingerprint density at radius 3 is 2.61 bits per heavy atom. The van der Waals surface area contributed by atoms with E-state index in [9.17, 15) is 9.90 Å². The number of carbonyl (C=O) groups excluding carboxylic acids is 1. The number of carbonyl (C=O) groups is 1.